The number of alkyl halides is 1. The van der Waals surface area contributed by atoms with Crippen LogP contribution in [0.5, 0.6) is 5.75 Å². The van der Waals surface area contributed by atoms with E-state index in [1.807, 2.05) is 42.5 Å². The summed E-state index contributed by atoms with van der Waals surface area (Å²) in [5, 5.41) is 0. The molecule has 3 heteroatoms. The number of hydrogen-bond donors (Lipinski definition) is 0. The van der Waals surface area contributed by atoms with Crippen molar-refractivity contribution >= 4 is 6.29 Å². The summed E-state index contributed by atoms with van der Waals surface area (Å²) in [6, 6.07) is 16.7. The minimum Gasteiger partial charge on any atom is -0.497 e. The minimum absolute atomic E-state index is 0.149. The Kier molecular flexibility index (Phi) is 4.88. The molecule has 0 radical (unpaired) electrons. The predicted octanol–water partition coefficient (Wildman–Crippen LogP) is 4.02. The van der Waals surface area contributed by atoms with Gasteiger partial charge in [-0.2, -0.15) is 0 Å². The molecule has 0 heterocycles. The van der Waals surface area contributed by atoms with Crippen molar-refractivity contribution in [1.29, 1.82) is 0 Å². The van der Waals surface area contributed by atoms with Crippen LogP contribution in [0.4, 0.5) is 4.39 Å². The van der Waals surface area contributed by atoms with Gasteiger partial charge >= 0.3 is 0 Å². The second-order valence-corrected chi connectivity index (χ2v) is 4.66. The van der Waals surface area contributed by atoms with Crippen molar-refractivity contribution in [3.05, 3.63) is 65.7 Å². The van der Waals surface area contributed by atoms with Crippen molar-refractivity contribution in [2.24, 2.45) is 0 Å². The van der Waals surface area contributed by atoms with Crippen LogP contribution in [0.3, 0.4) is 0 Å². The van der Waals surface area contributed by atoms with Gasteiger partial charge in [0.2, 0.25) is 0 Å². The van der Waals surface area contributed by atoms with Gasteiger partial charge in [-0.3, -0.25) is 4.79 Å². The monoisotopic (exact) mass is 272 g/mol. The lowest BCUT2D eigenvalue weighted by Crippen LogP contribution is -1.85. The van der Waals surface area contributed by atoms with E-state index in [9.17, 15) is 9.18 Å². The summed E-state index contributed by atoms with van der Waals surface area (Å²) in [6.07, 6.45) is 0.908. The predicted molar refractivity (Wildman–Crippen MR) is 77.1 cm³/mol. The molecule has 1 fully saturated rings. The molecule has 2 nitrogen and oxygen atoms in total. The van der Waals surface area contributed by atoms with E-state index < -0.39 is 6.17 Å². The number of benzene rings is 2. The summed E-state index contributed by atoms with van der Waals surface area (Å²) in [5.74, 6) is 0.978. The molecule has 0 spiro atoms. The molecule has 104 valence electrons. The van der Waals surface area contributed by atoms with Gasteiger partial charge in [0, 0.05) is 11.5 Å². The van der Waals surface area contributed by atoms with Gasteiger partial charge < -0.3 is 4.74 Å². The van der Waals surface area contributed by atoms with Crippen molar-refractivity contribution in [2.75, 3.05) is 7.11 Å². The summed E-state index contributed by atoms with van der Waals surface area (Å²) < 4.78 is 17.6. The fraction of sp³-hybridized carbons (Fsp3) is 0.235. The summed E-state index contributed by atoms with van der Waals surface area (Å²) >= 11 is 0. The van der Waals surface area contributed by atoms with Gasteiger partial charge in [0.15, 0.2) is 0 Å². The number of methoxy groups -OCH3 is 1. The summed E-state index contributed by atoms with van der Waals surface area (Å²) in [4.78, 5) is 10.0. The summed E-state index contributed by atoms with van der Waals surface area (Å²) in [7, 11) is 1.63. The first-order valence-electron chi connectivity index (χ1n) is 6.53. The van der Waals surface area contributed by atoms with E-state index >= 15 is 0 Å². The molecular weight excluding hydrogens is 255 g/mol. The molecule has 2 aromatic rings. The van der Waals surface area contributed by atoms with Crippen LogP contribution >= 0.6 is 0 Å². The van der Waals surface area contributed by atoms with Crippen LogP contribution in [0.15, 0.2) is 54.6 Å². The topological polar surface area (TPSA) is 26.3 Å². The van der Waals surface area contributed by atoms with Gasteiger partial charge in [-0.15, -0.1) is 0 Å². The Bertz CT molecular complexity index is 537. The fourth-order valence-electron chi connectivity index (χ4n) is 1.89. The van der Waals surface area contributed by atoms with Crippen LogP contribution in [-0.2, 0) is 0 Å². The third-order valence-electron chi connectivity index (χ3n) is 3.19. The minimum atomic E-state index is -0.613. The normalized spacial score (nSPS) is 19.5. The Hall–Kier alpha value is -2.16. The van der Waals surface area contributed by atoms with Crippen molar-refractivity contribution in [1.82, 2.24) is 0 Å². The van der Waals surface area contributed by atoms with Gasteiger partial charge in [0.1, 0.15) is 18.2 Å². The molecule has 0 unspecified atom stereocenters. The highest BCUT2D eigenvalue weighted by Crippen LogP contribution is 2.43. The molecule has 0 bridgehead atoms. The molecule has 2 aromatic carbocycles. The standard InChI is InChI=1S/C10H11FO.C7H6O/c1-12-8-4-2-7(3-5-8)9-6-10(9)11;8-6-7-4-2-1-3-5-7/h2-5,9-10H,6H2,1H3;1-6H/t9-,10+;/m0./s1. The first-order valence-corrected chi connectivity index (χ1v) is 6.53. The Labute approximate surface area is 118 Å². The molecular formula is C17H17FO2. The number of rotatable bonds is 3. The average Bonchev–Trinajstić information content (AvgIpc) is 3.26. The van der Waals surface area contributed by atoms with Crippen LogP contribution in [0, 0.1) is 0 Å². The van der Waals surface area contributed by atoms with Crippen molar-refractivity contribution in [3.8, 4) is 5.75 Å². The van der Waals surface area contributed by atoms with E-state index in [1.165, 1.54) is 0 Å². The third kappa shape index (κ3) is 3.92. The number of hydrogen-bond acceptors (Lipinski definition) is 2. The third-order valence-corrected chi connectivity index (χ3v) is 3.19. The fourth-order valence-corrected chi connectivity index (χ4v) is 1.89. The van der Waals surface area contributed by atoms with E-state index in [4.69, 9.17) is 4.74 Å². The zero-order valence-corrected chi connectivity index (χ0v) is 11.3. The number of ether oxygens (including phenoxy) is 1. The molecule has 20 heavy (non-hydrogen) atoms. The molecule has 2 atom stereocenters. The largest absolute Gasteiger partial charge is 0.497 e. The van der Waals surface area contributed by atoms with Gasteiger partial charge in [-0.1, -0.05) is 42.5 Å². The highest BCUT2D eigenvalue weighted by Gasteiger charge is 2.38. The maximum absolute atomic E-state index is 12.6. The van der Waals surface area contributed by atoms with Gasteiger partial charge in [-0.25, -0.2) is 4.39 Å². The highest BCUT2D eigenvalue weighted by atomic mass is 19.1. The van der Waals surface area contributed by atoms with E-state index in [1.54, 1.807) is 19.2 Å². The second-order valence-electron chi connectivity index (χ2n) is 4.66. The Morgan fingerprint density at radius 3 is 2.10 bits per heavy atom. The average molecular weight is 272 g/mol. The lowest BCUT2D eigenvalue weighted by atomic mass is 10.1. The lowest BCUT2D eigenvalue weighted by molar-refractivity contribution is 0.112. The quantitative estimate of drug-likeness (QED) is 0.789. The van der Waals surface area contributed by atoms with Crippen LogP contribution in [0.1, 0.15) is 28.3 Å². The molecule has 0 aliphatic heterocycles. The van der Waals surface area contributed by atoms with Crippen molar-refractivity contribution in [2.45, 2.75) is 18.5 Å². The van der Waals surface area contributed by atoms with E-state index in [2.05, 4.69) is 0 Å². The van der Waals surface area contributed by atoms with E-state index in [0.717, 1.165) is 23.2 Å². The van der Waals surface area contributed by atoms with E-state index in [0.29, 0.717) is 6.42 Å². The molecule has 1 aliphatic carbocycles. The molecule has 3 rings (SSSR count). The van der Waals surface area contributed by atoms with Gasteiger partial charge in [-0.05, 0) is 24.1 Å². The summed E-state index contributed by atoms with van der Waals surface area (Å²) in [5.41, 5.74) is 1.82. The van der Waals surface area contributed by atoms with Gasteiger partial charge in [0.05, 0.1) is 7.11 Å². The van der Waals surface area contributed by atoms with Crippen molar-refractivity contribution < 1.29 is 13.9 Å². The second kappa shape index (κ2) is 6.85. The Morgan fingerprint density at radius 1 is 1.10 bits per heavy atom. The first-order chi connectivity index (χ1) is 9.74. The van der Waals surface area contributed by atoms with E-state index in [-0.39, 0.29) is 5.92 Å². The highest BCUT2D eigenvalue weighted by molar-refractivity contribution is 5.74. The maximum atomic E-state index is 12.6. The van der Waals surface area contributed by atoms with Crippen LogP contribution in [-0.4, -0.2) is 19.6 Å². The lowest BCUT2D eigenvalue weighted by Gasteiger charge is -2.00. The number of halogens is 1. The molecule has 1 saturated carbocycles. The molecule has 0 amide bonds. The molecule has 0 N–H and O–H groups in total. The van der Waals surface area contributed by atoms with Crippen molar-refractivity contribution in [3.63, 3.8) is 0 Å². The van der Waals surface area contributed by atoms with Crippen LogP contribution in [0.25, 0.3) is 0 Å². The molecule has 1 aliphatic rings. The van der Waals surface area contributed by atoms with Gasteiger partial charge in [0.25, 0.3) is 0 Å². The Morgan fingerprint density at radius 2 is 1.70 bits per heavy atom. The summed E-state index contributed by atoms with van der Waals surface area (Å²) in [6.45, 7) is 0. The smallest absolute Gasteiger partial charge is 0.150 e. The SMILES string of the molecule is COc1ccc([C@@H]2C[C@H]2F)cc1.O=Cc1ccccc1. The number of carbonyl (C=O) groups is 1. The first kappa shape index (κ1) is 14.3. The Balaban J connectivity index is 0.000000160. The molecule has 0 saturated heterocycles. The maximum Gasteiger partial charge on any atom is 0.150 e. The number of carbonyl (C=O) groups excluding carboxylic acids is 1. The zero-order valence-electron chi connectivity index (χ0n) is 11.3. The van der Waals surface area contributed by atoms with Crippen LogP contribution < -0.4 is 4.74 Å². The zero-order chi connectivity index (χ0) is 14.4. The van der Waals surface area contributed by atoms with Crippen LogP contribution in [0.2, 0.25) is 0 Å². The molecule has 0 aromatic heterocycles. The number of aldehydes is 1.